The second kappa shape index (κ2) is 7.31. The number of rotatable bonds is 5. The summed E-state index contributed by atoms with van der Waals surface area (Å²) < 4.78 is 1.85. The zero-order valence-electron chi connectivity index (χ0n) is 14.4. The zero-order valence-corrected chi connectivity index (χ0v) is 15.2. The average molecular weight is 360 g/mol. The summed E-state index contributed by atoms with van der Waals surface area (Å²) in [5, 5.41) is 3.61. The monoisotopic (exact) mass is 359 g/mol. The van der Waals surface area contributed by atoms with E-state index < -0.39 is 6.04 Å². The maximum Gasteiger partial charge on any atom is 0.271 e. The molecule has 0 aliphatic carbocycles. The summed E-state index contributed by atoms with van der Waals surface area (Å²) in [6.07, 6.45) is 1.85. The highest BCUT2D eigenvalue weighted by molar-refractivity contribution is 6.30. The third-order valence-corrected chi connectivity index (χ3v) is 4.55. The minimum atomic E-state index is -0.498. The van der Waals surface area contributed by atoms with Crippen LogP contribution < -0.4 is 5.32 Å². The maximum atomic E-state index is 12.8. The Bertz CT molecular complexity index is 767. The molecule has 0 saturated carbocycles. The number of fused-ring (bicyclic) bond motifs is 1. The Hall–Kier alpha value is -2.27. The van der Waals surface area contributed by atoms with Gasteiger partial charge in [0.25, 0.3) is 5.91 Å². The number of aromatic nitrogens is 1. The average Bonchev–Trinajstić information content (AvgIpc) is 3.05. The number of carbonyl (C=O) groups is 2. The van der Waals surface area contributed by atoms with Gasteiger partial charge in [0.2, 0.25) is 5.91 Å². The van der Waals surface area contributed by atoms with Crippen LogP contribution in [0.4, 0.5) is 0 Å². The minimum absolute atomic E-state index is 0.0865. The van der Waals surface area contributed by atoms with Gasteiger partial charge in [-0.15, -0.1) is 0 Å². The van der Waals surface area contributed by atoms with Crippen LogP contribution in [-0.4, -0.2) is 33.9 Å². The topological polar surface area (TPSA) is 54.3 Å². The fourth-order valence-electron chi connectivity index (χ4n) is 3.08. The van der Waals surface area contributed by atoms with Crippen molar-refractivity contribution in [2.75, 3.05) is 6.54 Å². The molecule has 25 heavy (non-hydrogen) atoms. The van der Waals surface area contributed by atoms with E-state index in [4.69, 9.17) is 11.6 Å². The van der Waals surface area contributed by atoms with Crippen molar-refractivity contribution in [3.05, 3.63) is 58.9 Å². The van der Waals surface area contributed by atoms with Gasteiger partial charge in [-0.05, 0) is 35.7 Å². The van der Waals surface area contributed by atoms with Crippen molar-refractivity contribution in [2.24, 2.45) is 5.92 Å². The van der Waals surface area contributed by atoms with E-state index in [2.05, 4.69) is 5.32 Å². The number of halogens is 1. The van der Waals surface area contributed by atoms with Crippen LogP contribution in [0.2, 0.25) is 5.02 Å². The number of nitrogens with zero attached hydrogens (tertiary/aromatic N) is 2. The first kappa shape index (κ1) is 17.5. The number of benzene rings is 1. The van der Waals surface area contributed by atoms with Crippen molar-refractivity contribution in [1.82, 2.24) is 14.8 Å². The van der Waals surface area contributed by atoms with E-state index in [-0.39, 0.29) is 17.7 Å². The molecule has 3 rings (SSSR count). The van der Waals surface area contributed by atoms with Gasteiger partial charge in [-0.3, -0.25) is 9.59 Å². The second-order valence-corrected chi connectivity index (χ2v) is 7.19. The first-order valence-corrected chi connectivity index (χ1v) is 8.81. The largest absolute Gasteiger partial charge is 0.350 e. The highest BCUT2D eigenvalue weighted by atomic mass is 35.5. The Morgan fingerprint density at radius 1 is 1.28 bits per heavy atom. The molecule has 0 fully saturated rings. The van der Waals surface area contributed by atoms with Gasteiger partial charge in [-0.1, -0.05) is 37.6 Å². The second-order valence-electron chi connectivity index (χ2n) is 6.76. The van der Waals surface area contributed by atoms with E-state index in [0.717, 1.165) is 5.56 Å². The summed E-state index contributed by atoms with van der Waals surface area (Å²) in [5.74, 6) is 0.0666. The van der Waals surface area contributed by atoms with Crippen LogP contribution in [0.1, 0.15) is 29.9 Å². The van der Waals surface area contributed by atoms with Gasteiger partial charge in [0.1, 0.15) is 11.7 Å². The molecule has 2 aromatic rings. The molecule has 132 valence electrons. The molecule has 1 aromatic heterocycles. The summed E-state index contributed by atoms with van der Waals surface area (Å²) in [5.41, 5.74) is 1.61. The van der Waals surface area contributed by atoms with Crippen LogP contribution in [0.25, 0.3) is 0 Å². The van der Waals surface area contributed by atoms with Crippen molar-refractivity contribution >= 4 is 23.4 Å². The minimum Gasteiger partial charge on any atom is -0.350 e. The third kappa shape index (κ3) is 3.87. The van der Waals surface area contributed by atoms with E-state index in [1.54, 1.807) is 23.1 Å². The summed E-state index contributed by atoms with van der Waals surface area (Å²) in [6.45, 7) is 5.54. The van der Waals surface area contributed by atoms with Crippen molar-refractivity contribution in [3.63, 3.8) is 0 Å². The Balaban J connectivity index is 1.74. The van der Waals surface area contributed by atoms with Gasteiger partial charge < -0.3 is 14.8 Å². The first-order valence-electron chi connectivity index (χ1n) is 8.44. The molecule has 1 atom stereocenters. The van der Waals surface area contributed by atoms with Gasteiger partial charge in [-0.2, -0.15) is 0 Å². The molecule has 5 nitrogen and oxygen atoms in total. The van der Waals surface area contributed by atoms with Crippen molar-refractivity contribution < 1.29 is 9.59 Å². The lowest BCUT2D eigenvalue weighted by Gasteiger charge is -2.36. The fraction of sp³-hybridized carbons (Fsp3) is 0.368. The molecule has 1 aromatic carbocycles. The van der Waals surface area contributed by atoms with Crippen molar-refractivity contribution in [2.45, 2.75) is 33.0 Å². The van der Waals surface area contributed by atoms with E-state index >= 15 is 0 Å². The Kier molecular flexibility index (Phi) is 5.13. The molecule has 1 aliphatic heterocycles. The molecule has 0 spiro atoms. The lowest BCUT2D eigenvalue weighted by Crippen LogP contribution is -2.55. The maximum absolute atomic E-state index is 12.8. The smallest absolute Gasteiger partial charge is 0.271 e. The Labute approximate surface area is 152 Å². The summed E-state index contributed by atoms with van der Waals surface area (Å²) in [6, 6.07) is 10.5. The van der Waals surface area contributed by atoms with Crippen LogP contribution >= 0.6 is 11.6 Å². The van der Waals surface area contributed by atoms with Crippen molar-refractivity contribution in [3.8, 4) is 0 Å². The van der Waals surface area contributed by atoms with E-state index in [0.29, 0.717) is 30.4 Å². The molecule has 0 saturated heterocycles. The number of carbonyl (C=O) groups excluding carboxylic acids is 2. The molecule has 1 aliphatic rings. The lowest BCUT2D eigenvalue weighted by molar-refractivity contribution is -0.126. The lowest BCUT2D eigenvalue weighted by atomic mass is 10.1. The van der Waals surface area contributed by atoms with Crippen LogP contribution in [0.5, 0.6) is 0 Å². The van der Waals surface area contributed by atoms with Gasteiger partial charge in [-0.25, -0.2) is 0 Å². The molecule has 6 heteroatoms. The van der Waals surface area contributed by atoms with E-state index in [1.165, 1.54) is 0 Å². The van der Waals surface area contributed by atoms with E-state index in [9.17, 15) is 9.59 Å². The number of amides is 2. The Morgan fingerprint density at radius 3 is 2.68 bits per heavy atom. The summed E-state index contributed by atoms with van der Waals surface area (Å²) >= 11 is 5.88. The predicted molar refractivity (Wildman–Crippen MR) is 97.4 cm³/mol. The molecule has 1 unspecified atom stereocenters. The molecular weight excluding hydrogens is 338 g/mol. The van der Waals surface area contributed by atoms with Gasteiger partial charge in [0.05, 0.1) is 6.54 Å². The van der Waals surface area contributed by atoms with Crippen LogP contribution in [-0.2, 0) is 17.9 Å². The normalized spacial score (nSPS) is 16.9. The van der Waals surface area contributed by atoms with Crippen LogP contribution in [0.15, 0.2) is 42.6 Å². The van der Waals surface area contributed by atoms with Crippen molar-refractivity contribution in [1.29, 1.82) is 0 Å². The predicted octanol–water partition coefficient (Wildman–Crippen LogP) is 2.94. The highest BCUT2D eigenvalue weighted by Crippen LogP contribution is 2.20. The quantitative estimate of drug-likeness (QED) is 0.892. The molecule has 2 amide bonds. The molecule has 0 radical (unpaired) electrons. The fourth-order valence-corrected chi connectivity index (χ4v) is 3.20. The number of hydrogen-bond donors (Lipinski definition) is 1. The molecular formula is C19H22ClN3O2. The first-order chi connectivity index (χ1) is 12.0. The standard InChI is InChI=1S/C19H22ClN3O2/c1-13(2)11-23-17(12-22-9-3-4-16(22)19(23)25)18(24)21-10-14-5-7-15(20)8-6-14/h3-9,13,17H,10-12H2,1-2H3,(H,21,24). The molecule has 2 heterocycles. The van der Waals surface area contributed by atoms with Gasteiger partial charge >= 0.3 is 0 Å². The molecule has 1 N–H and O–H groups in total. The zero-order chi connectivity index (χ0) is 18.0. The molecule has 0 bridgehead atoms. The SMILES string of the molecule is CC(C)CN1C(=O)c2cccn2CC1C(=O)NCc1ccc(Cl)cc1. The van der Waals surface area contributed by atoms with Crippen LogP contribution in [0, 0.1) is 5.92 Å². The van der Waals surface area contributed by atoms with Crippen LogP contribution in [0.3, 0.4) is 0 Å². The van der Waals surface area contributed by atoms with Gasteiger partial charge in [0, 0.05) is 24.3 Å². The third-order valence-electron chi connectivity index (χ3n) is 4.30. The number of hydrogen-bond acceptors (Lipinski definition) is 2. The van der Waals surface area contributed by atoms with Gasteiger partial charge in [0.15, 0.2) is 0 Å². The summed E-state index contributed by atoms with van der Waals surface area (Å²) in [7, 11) is 0. The highest BCUT2D eigenvalue weighted by Gasteiger charge is 2.36. The number of nitrogens with one attached hydrogen (secondary N) is 1. The summed E-state index contributed by atoms with van der Waals surface area (Å²) in [4.78, 5) is 27.2. The van der Waals surface area contributed by atoms with E-state index in [1.807, 2.05) is 42.8 Å². The Morgan fingerprint density at radius 2 is 2.00 bits per heavy atom.